The van der Waals surface area contributed by atoms with E-state index in [1.807, 2.05) is 0 Å². The Morgan fingerprint density at radius 2 is 2.12 bits per heavy atom. The van der Waals surface area contributed by atoms with E-state index in [2.05, 4.69) is 15.6 Å². The molecule has 0 fully saturated rings. The van der Waals surface area contributed by atoms with Crippen LogP contribution in [0.3, 0.4) is 0 Å². The van der Waals surface area contributed by atoms with Crippen molar-refractivity contribution < 1.29 is 19.1 Å². The number of primary amides is 1. The summed E-state index contributed by atoms with van der Waals surface area (Å²) in [6.07, 6.45) is 2.84. The summed E-state index contributed by atoms with van der Waals surface area (Å²) < 4.78 is 4.95. The molecule has 4 N–H and O–H groups in total. The molecule has 8 heteroatoms. The Morgan fingerprint density at radius 1 is 1.31 bits per heavy atom. The van der Waals surface area contributed by atoms with Gasteiger partial charge in [0.1, 0.15) is 5.82 Å². The van der Waals surface area contributed by atoms with Crippen LogP contribution in [-0.2, 0) is 9.53 Å². The van der Waals surface area contributed by atoms with E-state index in [0.29, 0.717) is 28.2 Å². The van der Waals surface area contributed by atoms with Gasteiger partial charge in [-0.05, 0) is 31.2 Å². The van der Waals surface area contributed by atoms with E-state index >= 15 is 0 Å². The third kappa shape index (κ3) is 3.39. The Bertz CT molecular complexity index is 937. The van der Waals surface area contributed by atoms with Crippen molar-refractivity contribution in [3.63, 3.8) is 0 Å². The van der Waals surface area contributed by atoms with Gasteiger partial charge in [0.2, 0.25) is 5.91 Å². The van der Waals surface area contributed by atoms with Gasteiger partial charge in [0.15, 0.2) is 0 Å². The van der Waals surface area contributed by atoms with Gasteiger partial charge in [-0.25, -0.2) is 9.78 Å². The predicted octanol–water partition coefficient (Wildman–Crippen LogP) is 1.76. The number of hydrogen-bond acceptors (Lipinski definition) is 6. The highest BCUT2D eigenvalue weighted by molar-refractivity contribution is 6.31. The molecule has 0 saturated heterocycles. The molecule has 2 aromatic rings. The number of aromatic nitrogens is 1. The fourth-order valence-corrected chi connectivity index (χ4v) is 2.45. The number of esters is 1. The number of carbonyl (C=O) groups excluding carboxylic acids is 3. The van der Waals surface area contributed by atoms with Crippen LogP contribution in [0.2, 0.25) is 0 Å². The number of anilines is 2. The maximum absolute atomic E-state index is 12.2. The fraction of sp³-hybridized carbons (Fsp3) is 0.111. The van der Waals surface area contributed by atoms with Gasteiger partial charge in [-0.15, -0.1) is 0 Å². The van der Waals surface area contributed by atoms with Crippen LogP contribution in [0.25, 0.3) is 5.57 Å². The molecule has 8 nitrogen and oxygen atoms in total. The van der Waals surface area contributed by atoms with Crippen LogP contribution < -0.4 is 16.4 Å². The maximum Gasteiger partial charge on any atom is 0.339 e. The molecule has 2 heterocycles. The van der Waals surface area contributed by atoms with E-state index in [-0.39, 0.29) is 18.1 Å². The van der Waals surface area contributed by atoms with Crippen LogP contribution in [0.5, 0.6) is 0 Å². The first-order chi connectivity index (χ1) is 12.5. The van der Waals surface area contributed by atoms with E-state index in [9.17, 15) is 14.4 Å². The number of hydrogen-bond donors (Lipinski definition) is 3. The number of ether oxygens (including phenoxy) is 1. The minimum Gasteiger partial charge on any atom is -0.462 e. The maximum atomic E-state index is 12.2. The van der Waals surface area contributed by atoms with E-state index in [1.54, 1.807) is 37.3 Å². The molecule has 3 rings (SSSR count). The number of nitrogens with zero attached hydrogens (tertiary/aromatic N) is 1. The third-order valence-electron chi connectivity index (χ3n) is 3.70. The van der Waals surface area contributed by atoms with Crippen molar-refractivity contribution in [3.8, 4) is 0 Å². The van der Waals surface area contributed by atoms with Crippen molar-refractivity contribution >= 4 is 34.9 Å². The van der Waals surface area contributed by atoms with Crippen LogP contribution in [0.1, 0.15) is 33.2 Å². The molecular weight excluding hydrogens is 336 g/mol. The molecule has 1 aromatic carbocycles. The van der Waals surface area contributed by atoms with Gasteiger partial charge >= 0.3 is 5.97 Å². The number of benzene rings is 1. The second-order valence-corrected chi connectivity index (χ2v) is 5.44. The standard InChI is InChI=1S/C18H16N4O4/c1-2-26-18(25)11-7-13-14(17(24)22-16(13)21-8-11)9-20-12-5-3-4-10(6-12)15(19)23/h3-9,20H,2H2,1H3,(H2,19,23)(H,21,22,24). The van der Waals surface area contributed by atoms with E-state index in [4.69, 9.17) is 10.5 Å². The fourth-order valence-electron chi connectivity index (χ4n) is 2.45. The third-order valence-corrected chi connectivity index (χ3v) is 3.70. The summed E-state index contributed by atoms with van der Waals surface area (Å²) in [4.78, 5) is 39.4. The van der Waals surface area contributed by atoms with E-state index in [1.165, 1.54) is 12.4 Å². The summed E-state index contributed by atoms with van der Waals surface area (Å²) in [5, 5.41) is 5.58. The Balaban J connectivity index is 1.90. The molecule has 0 unspecified atom stereocenters. The number of carbonyl (C=O) groups is 3. The Labute approximate surface area is 149 Å². The average molecular weight is 352 g/mol. The zero-order valence-electron chi connectivity index (χ0n) is 13.9. The summed E-state index contributed by atoms with van der Waals surface area (Å²) in [5.41, 5.74) is 7.24. The van der Waals surface area contributed by atoms with Gasteiger partial charge in [0.05, 0.1) is 17.7 Å². The summed E-state index contributed by atoms with van der Waals surface area (Å²) in [5.74, 6) is -1.05. The molecule has 1 aliphatic rings. The largest absolute Gasteiger partial charge is 0.462 e. The normalized spacial score (nSPS) is 13.9. The van der Waals surface area contributed by atoms with Crippen LogP contribution in [0, 0.1) is 0 Å². The monoisotopic (exact) mass is 352 g/mol. The Hall–Kier alpha value is -3.68. The first-order valence-electron chi connectivity index (χ1n) is 7.85. The van der Waals surface area contributed by atoms with Gasteiger partial charge in [0, 0.05) is 29.2 Å². The van der Waals surface area contributed by atoms with Crippen molar-refractivity contribution in [1.82, 2.24) is 4.98 Å². The highest BCUT2D eigenvalue weighted by atomic mass is 16.5. The number of pyridine rings is 1. The minimum atomic E-state index is -0.548. The van der Waals surface area contributed by atoms with Crippen LogP contribution in [0.4, 0.5) is 11.5 Å². The van der Waals surface area contributed by atoms with Crippen molar-refractivity contribution in [2.24, 2.45) is 5.73 Å². The highest BCUT2D eigenvalue weighted by Gasteiger charge is 2.27. The zero-order chi connectivity index (χ0) is 18.7. The highest BCUT2D eigenvalue weighted by Crippen LogP contribution is 2.30. The molecule has 2 amide bonds. The molecular formula is C18H16N4O4. The van der Waals surface area contributed by atoms with Crippen molar-refractivity contribution in [2.75, 3.05) is 17.2 Å². The molecule has 1 aliphatic heterocycles. The molecule has 0 bridgehead atoms. The number of rotatable bonds is 5. The lowest BCUT2D eigenvalue weighted by Gasteiger charge is -2.05. The average Bonchev–Trinajstić information content (AvgIpc) is 2.94. The number of fused-ring (bicyclic) bond motifs is 1. The van der Waals surface area contributed by atoms with Gasteiger partial charge in [-0.1, -0.05) is 6.07 Å². The predicted molar refractivity (Wildman–Crippen MR) is 95.4 cm³/mol. The topological polar surface area (TPSA) is 123 Å². The van der Waals surface area contributed by atoms with Crippen LogP contribution in [0.15, 0.2) is 42.7 Å². The lowest BCUT2D eigenvalue weighted by molar-refractivity contribution is -0.110. The molecule has 0 aliphatic carbocycles. The smallest absolute Gasteiger partial charge is 0.339 e. The lowest BCUT2D eigenvalue weighted by atomic mass is 10.1. The Morgan fingerprint density at radius 3 is 2.85 bits per heavy atom. The summed E-state index contributed by atoms with van der Waals surface area (Å²) in [6, 6.07) is 8.11. The molecule has 0 saturated carbocycles. The van der Waals surface area contributed by atoms with Crippen molar-refractivity contribution in [1.29, 1.82) is 0 Å². The summed E-state index contributed by atoms with van der Waals surface area (Å²) in [6.45, 7) is 1.95. The summed E-state index contributed by atoms with van der Waals surface area (Å²) in [7, 11) is 0. The number of nitrogens with two attached hydrogens (primary N) is 1. The first kappa shape index (κ1) is 17.2. The minimum absolute atomic E-state index is 0.244. The Kier molecular flexibility index (Phi) is 4.66. The zero-order valence-corrected chi connectivity index (χ0v) is 13.9. The van der Waals surface area contributed by atoms with Crippen LogP contribution in [-0.4, -0.2) is 29.4 Å². The molecule has 0 spiro atoms. The van der Waals surface area contributed by atoms with Crippen molar-refractivity contribution in [2.45, 2.75) is 6.92 Å². The molecule has 26 heavy (non-hydrogen) atoms. The van der Waals surface area contributed by atoms with E-state index in [0.717, 1.165) is 0 Å². The molecule has 1 aromatic heterocycles. The van der Waals surface area contributed by atoms with Gasteiger partial charge in [0.25, 0.3) is 5.91 Å². The van der Waals surface area contributed by atoms with Gasteiger partial charge < -0.3 is 21.1 Å². The molecule has 132 valence electrons. The quantitative estimate of drug-likeness (QED) is 0.556. The first-order valence-corrected chi connectivity index (χ1v) is 7.85. The summed E-state index contributed by atoms with van der Waals surface area (Å²) >= 11 is 0. The van der Waals surface area contributed by atoms with Gasteiger partial charge in [-0.2, -0.15) is 0 Å². The van der Waals surface area contributed by atoms with Crippen LogP contribution >= 0.6 is 0 Å². The second-order valence-electron chi connectivity index (χ2n) is 5.44. The SMILES string of the molecule is CCOC(=O)c1cnc2c(c1)C(=CNc1cccc(C(N)=O)c1)C(=O)N2. The van der Waals surface area contributed by atoms with Crippen molar-refractivity contribution in [3.05, 3.63) is 59.4 Å². The molecule has 0 radical (unpaired) electrons. The molecule has 0 atom stereocenters. The second kappa shape index (κ2) is 7.06. The van der Waals surface area contributed by atoms with Gasteiger partial charge in [-0.3, -0.25) is 9.59 Å². The van der Waals surface area contributed by atoms with E-state index < -0.39 is 11.9 Å². The lowest BCUT2D eigenvalue weighted by Crippen LogP contribution is -2.11. The number of amides is 2. The number of nitrogens with one attached hydrogen (secondary N) is 2.